The Morgan fingerprint density at radius 2 is 1.97 bits per heavy atom. The monoisotopic (exact) mass is 408 g/mol. The molecular weight excluding hydrogens is 384 g/mol. The minimum atomic E-state index is -0.0874. The molecule has 4 rings (SSSR count). The number of carbonyl (C=O) groups excluding carboxylic acids is 1. The van der Waals surface area contributed by atoms with Gasteiger partial charge in [0.2, 0.25) is 5.89 Å². The first-order chi connectivity index (χ1) is 14.2. The lowest BCUT2D eigenvalue weighted by atomic mass is 10.1. The van der Waals surface area contributed by atoms with Crippen LogP contribution in [0.25, 0.3) is 11.5 Å². The summed E-state index contributed by atoms with van der Waals surface area (Å²) in [6.45, 7) is 3.28. The van der Waals surface area contributed by atoms with Crippen LogP contribution in [0.2, 0.25) is 0 Å². The van der Waals surface area contributed by atoms with Crippen molar-refractivity contribution >= 4 is 17.7 Å². The molecule has 6 heteroatoms. The lowest BCUT2D eigenvalue weighted by molar-refractivity contribution is 0.0858. The lowest BCUT2D eigenvalue weighted by Gasteiger charge is -2.10. The highest BCUT2D eigenvalue weighted by atomic mass is 32.2. The van der Waals surface area contributed by atoms with E-state index in [4.69, 9.17) is 9.15 Å². The summed E-state index contributed by atoms with van der Waals surface area (Å²) in [4.78, 5) is 18.2. The van der Waals surface area contributed by atoms with Crippen LogP contribution in [0.4, 0.5) is 0 Å². The van der Waals surface area contributed by atoms with E-state index in [-0.39, 0.29) is 12.0 Å². The normalized spacial score (nSPS) is 16.1. The molecule has 1 fully saturated rings. The standard InChI is InChI=1S/C23H24N2O3S/c1-16-21(15-29-20-7-3-2-4-8-20)25-23(28-16)18-11-9-17(10-12-18)22(26)24-14-19-6-5-13-27-19/h2-4,7-12,19H,5-6,13-15H2,1H3,(H,24,26)/t19-/m1/s1. The third-order valence-electron chi connectivity index (χ3n) is 4.92. The maximum atomic E-state index is 12.3. The second-order valence-electron chi connectivity index (χ2n) is 7.05. The number of carbonyl (C=O) groups is 1. The number of thioether (sulfide) groups is 1. The third-order valence-corrected chi connectivity index (χ3v) is 5.94. The number of nitrogens with zero attached hydrogens (tertiary/aromatic N) is 1. The van der Waals surface area contributed by atoms with E-state index in [1.54, 1.807) is 23.9 Å². The Kier molecular flexibility index (Phi) is 6.32. The van der Waals surface area contributed by atoms with Gasteiger partial charge in [0.15, 0.2) is 0 Å². The Balaban J connectivity index is 1.37. The molecule has 2 heterocycles. The molecule has 0 aliphatic carbocycles. The number of aromatic nitrogens is 1. The second-order valence-corrected chi connectivity index (χ2v) is 8.09. The highest BCUT2D eigenvalue weighted by Crippen LogP contribution is 2.27. The molecule has 3 aromatic rings. The number of benzene rings is 2. The molecule has 0 radical (unpaired) electrons. The maximum Gasteiger partial charge on any atom is 0.251 e. The van der Waals surface area contributed by atoms with Crippen LogP contribution in [0.1, 0.15) is 34.7 Å². The minimum Gasteiger partial charge on any atom is -0.441 e. The van der Waals surface area contributed by atoms with Gasteiger partial charge in [-0.15, -0.1) is 11.8 Å². The molecular formula is C23H24N2O3S. The van der Waals surface area contributed by atoms with Gasteiger partial charge >= 0.3 is 0 Å². The smallest absolute Gasteiger partial charge is 0.251 e. The van der Waals surface area contributed by atoms with Gasteiger partial charge in [0.25, 0.3) is 5.91 Å². The lowest BCUT2D eigenvalue weighted by Crippen LogP contribution is -2.31. The Hall–Kier alpha value is -2.57. The Labute approximate surface area is 174 Å². The Bertz CT molecular complexity index is 948. The molecule has 1 N–H and O–H groups in total. The molecule has 1 aliphatic rings. The summed E-state index contributed by atoms with van der Waals surface area (Å²) in [7, 11) is 0. The zero-order valence-corrected chi connectivity index (χ0v) is 17.2. The van der Waals surface area contributed by atoms with Crippen LogP contribution < -0.4 is 5.32 Å². The van der Waals surface area contributed by atoms with Crippen LogP contribution in [0.3, 0.4) is 0 Å². The van der Waals surface area contributed by atoms with E-state index in [0.29, 0.717) is 18.0 Å². The number of hydrogen-bond acceptors (Lipinski definition) is 5. The van der Waals surface area contributed by atoms with Crippen molar-refractivity contribution in [2.24, 2.45) is 0 Å². The number of rotatable bonds is 7. The first kappa shape index (κ1) is 19.7. The summed E-state index contributed by atoms with van der Waals surface area (Å²) in [5, 5.41) is 2.94. The fourth-order valence-electron chi connectivity index (χ4n) is 3.23. The van der Waals surface area contributed by atoms with E-state index < -0.39 is 0 Å². The van der Waals surface area contributed by atoms with Crippen molar-refractivity contribution < 1.29 is 13.9 Å². The maximum absolute atomic E-state index is 12.3. The second kappa shape index (κ2) is 9.29. The van der Waals surface area contributed by atoms with Gasteiger partial charge in [-0.05, 0) is 56.2 Å². The van der Waals surface area contributed by atoms with E-state index in [1.807, 2.05) is 37.3 Å². The Morgan fingerprint density at radius 1 is 1.17 bits per heavy atom. The van der Waals surface area contributed by atoms with Crippen LogP contribution in [-0.2, 0) is 10.5 Å². The predicted molar refractivity (Wildman–Crippen MR) is 114 cm³/mol. The summed E-state index contributed by atoms with van der Waals surface area (Å²) in [5.41, 5.74) is 2.42. The van der Waals surface area contributed by atoms with Crippen LogP contribution in [0, 0.1) is 6.92 Å². The molecule has 0 bridgehead atoms. The summed E-state index contributed by atoms with van der Waals surface area (Å²) >= 11 is 1.73. The van der Waals surface area contributed by atoms with Crippen LogP contribution in [0.15, 0.2) is 63.9 Å². The van der Waals surface area contributed by atoms with Crippen LogP contribution >= 0.6 is 11.8 Å². The average molecular weight is 409 g/mol. The zero-order chi connectivity index (χ0) is 20.1. The number of aryl methyl sites for hydroxylation is 1. The Morgan fingerprint density at radius 3 is 2.69 bits per heavy atom. The van der Waals surface area contributed by atoms with E-state index in [0.717, 1.165) is 42.2 Å². The van der Waals surface area contributed by atoms with Crippen molar-refractivity contribution in [2.45, 2.75) is 36.5 Å². The molecule has 1 atom stereocenters. The number of nitrogens with one attached hydrogen (secondary N) is 1. The van der Waals surface area contributed by atoms with Crippen LogP contribution in [-0.4, -0.2) is 30.1 Å². The molecule has 150 valence electrons. The van der Waals surface area contributed by atoms with Gasteiger partial charge in [0, 0.05) is 34.9 Å². The van der Waals surface area contributed by atoms with Gasteiger partial charge < -0.3 is 14.5 Å². The minimum absolute atomic E-state index is 0.0874. The summed E-state index contributed by atoms with van der Waals surface area (Å²) in [6.07, 6.45) is 2.21. The fraction of sp³-hybridized carbons (Fsp3) is 0.304. The van der Waals surface area contributed by atoms with Gasteiger partial charge in [-0.1, -0.05) is 18.2 Å². The number of hydrogen-bond donors (Lipinski definition) is 1. The van der Waals surface area contributed by atoms with Gasteiger partial charge in [0.1, 0.15) is 5.76 Å². The third kappa shape index (κ3) is 5.08. The summed E-state index contributed by atoms with van der Waals surface area (Å²) in [6, 6.07) is 17.6. The van der Waals surface area contributed by atoms with Crippen molar-refractivity contribution in [2.75, 3.05) is 13.2 Å². The summed E-state index contributed by atoms with van der Waals surface area (Å²) in [5.74, 6) is 2.07. The highest BCUT2D eigenvalue weighted by molar-refractivity contribution is 7.98. The van der Waals surface area contributed by atoms with Crippen molar-refractivity contribution in [1.29, 1.82) is 0 Å². The van der Waals surface area contributed by atoms with Crippen molar-refractivity contribution in [1.82, 2.24) is 10.3 Å². The number of oxazole rings is 1. The molecule has 0 unspecified atom stereocenters. The van der Waals surface area contributed by atoms with E-state index in [1.165, 1.54) is 4.90 Å². The summed E-state index contributed by atoms with van der Waals surface area (Å²) < 4.78 is 11.4. The largest absolute Gasteiger partial charge is 0.441 e. The molecule has 2 aromatic carbocycles. The highest BCUT2D eigenvalue weighted by Gasteiger charge is 2.17. The van der Waals surface area contributed by atoms with Crippen LogP contribution in [0.5, 0.6) is 0 Å². The zero-order valence-electron chi connectivity index (χ0n) is 16.4. The molecule has 1 saturated heterocycles. The van der Waals surface area contributed by atoms with E-state index >= 15 is 0 Å². The van der Waals surface area contributed by atoms with Crippen molar-refractivity contribution in [3.8, 4) is 11.5 Å². The molecule has 1 aliphatic heterocycles. The first-order valence-corrected chi connectivity index (χ1v) is 10.8. The number of amides is 1. The molecule has 5 nitrogen and oxygen atoms in total. The van der Waals surface area contributed by atoms with Gasteiger partial charge in [0.05, 0.1) is 11.8 Å². The quantitative estimate of drug-likeness (QED) is 0.566. The molecule has 0 spiro atoms. The van der Waals surface area contributed by atoms with Crippen molar-refractivity contribution in [3.05, 3.63) is 71.6 Å². The van der Waals surface area contributed by atoms with E-state index in [9.17, 15) is 4.79 Å². The first-order valence-electron chi connectivity index (χ1n) is 9.83. The molecule has 0 saturated carbocycles. The molecule has 1 aromatic heterocycles. The van der Waals surface area contributed by atoms with Gasteiger partial charge in [-0.2, -0.15) is 0 Å². The van der Waals surface area contributed by atoms with Gasteiger partial charge in [-0.25, -0.2) is 4.98 Å². The van der Waals surface area contributed by atoms with Crippen molar-refractivity contribution in [3.63, 3.8) is 0 Å². The average Bonchev–Trinajstić information content (AvgIpc) is 3.41. The number of ether oxygens (including phenoxy) is 1. The van der Waals surface area contributed by atoms with Gasteiger partial charge in [-0.3, -0.25) is 4.79 Å². The van der Waals surface area contributed by atoms with E-state index in [2.05, 4.69) is 22.4 Å². The predicted octanol–water partition coefficient (Wildman–Crippen LogP) is 4.85. The molecule has 29 heavy (non-hydrogen) atoms. The SMILES string of the molecule is Cc1oc(-c2ccc(C(=O)NC[C@H]3CCCO3)cc2)nc1CSc1ccccc1. The molecule has 1 amide bonds. The fourth-order valence-corrected chi connectivity index (χ4v) is 4.15. The topological polar surface area (TPSA) is 64.4 Å².